The van der Waals surface area contributed by atoms with E-state index in [0.717, 1.165) is 25.2 Å². The van der Waals surface area contributed by atoms with Gasteiger partial charge in [0.15, 0.2) is 5.96 Å². The van der Waals surface area contributed by atoms with Crippen LogP contribution in [-0.4, -0.2) is 24.0 Å². The second-order valence-corrected chi connectivity index (χ2v) is 5.52. The van der Waals surface area contributed by atoms with Crippen LogP contribution in [0.25, 0.3) is 0 Å². The van der Waals surface area contributed by atoms with Crippen molar-refractivity contribution in [1.29, 1.82) is 0 Å². The monoisotopic (exact) mass is 418 g/mol. The summed E-state index contributed by atoms with van der Waals surface area (Å²) in [6.07, 6.45) is 8.94. The first-order chi connectivity index (χ1) is 10.3. The third kappa shape index (κ3) is 9.97. The van der Waals surface area contributed by atoms with Crippen LogP contribution in [0.3, 0.4) is 0 Å². The highest BCUT2D eigenvalue weighted by Gasteiger charge is 2.06. The molecule has 1 heterocycles. The summed E-state index contributed by atoms with van der Waals surface area (Å²) in [6.45, 7) is 6.09. The van der Waals surface area contributed by atoms with Gasteiger partial charge in [-0.3, -0.25) is 9.98 Å². The zero-order chi connectivity index (χ0) is 15.3. The van der Waals surface area contributed by atoms with Gasteiger partial charge >= 0.3 is 0 Å². The van der Waals surface area contributed by atoms with Crippen molar-refractivity contribution in [3.8, 4) is 0 Å². The summed E-state index contributed by atoms with van der Waals surface area (Å²) in [5.74, 6) is 1.23. The molecule has 0 aliphatic heterocycles. The van der Waals surface area contributed by atoms with E-state index in [1.54, 1.807) is 0 Å². The molecular formula is C17H31IN4. The first-order valence-corrected chi connectivity index (χ1v) is 8.20. The number of aliphatic imine (C=N–C) groups is 1. The molecule has 126 valence electrons. The second-order valence-electron chi connectivity index (χ2n) is 5.52. The van der Waals surface area contributed by atoms with Crippen LogP contribution in [0, 0.1) is 5.92 Å². The van der Waals surface area contributed by atoms with Gasteiger partial charge in [-0.25, -0.2) is 0 Å². The topological polar surface area (TPSA) is 63.3 Å². The summed E-state index contributed by atoms with van der Waals surface area (Å²) in [5, 5.41) is 3.17. The number of nitrogens with one attached hydrogen (secondary N) is 1. The number of hydrogen-bond acceptors (Lipinski definition) is 2. The SMILES string of the molecule is CCCCC(CCC)CN=C(N)NCCc1ccccn1.I. The Kier molecular flexibility index (Phi) is 13.3. The van der Waals surface area contributed by atoms with E-state index in [2.05, 4.69) is 29.1 Å². The van der Waals surface area contributed by atoms with Crippen molar-refractivity contribution in [2.75, 3.05) is 13.1 Å². The van der Waals surface area contributed by atoms with Gasteiger partial charge in [-0.2, -0.15) is 0 Å². The van der Waals surface area contributed by atoms with Gasteiger partial charge in [0.05, 0.1) is 0 Å². The van der Waals surface area contributed by atoms with E-state index in [0.29, 0.717) is 11.9 Å². The molecule has 1 unspecified atom stereocenters. The number of nitrogens with zero attached hydrogens (tertiary/aromatic N) is 2. The van der Waals surface area contributed by atoms with Crippen molar-refractivity contribution in [3.63, 3.8) is 0 Å². The molecule has 1 aromatic heterocycles. The summed E-state index contributed by atoms with van der Waals surface area (Å²) >= 11 is 0. The molecule has 3 N–H and O–H groups in total. The van der Waals surface area contributed by atoms with E-state index in [1.807, 2.05) is 24.4 Å². The number of guanidine groups is 1. The second kappa shape index (κ2) is 13.8. The average molecular weight is 418 g/mol. The van der Waals surface area contributed by atoms with Gasteiger partial charge < -0.3 is 11.1 Å². The van der Waals surface area contributed by atoms with Crippen molar-refractivity contribution >= 4 is 29.9 Å². The quantitative estimate of drug-likeness (QED) is 0.346. The Bertz CT molecular complexity index is 395. The minimum atomic E-state index is 0. The predicted molar refractivity (Wildman–Crippen MR) is 106 cm³/mol. The van der Waals surface area contributed by atoms with Crippen LogP contribution >= 0.6 is 24.0 Å². The Labute approximate surface area is 152 Å². The van der Waals surface area contributed by atoms with Crippen molar-refractivity contribution in [2.24, 2.45) is 16.6 Å². The number of unbranched alkanes of at least 4 members (excludes halogenated alkanes) is 1. The highest BCUT2D eigenvalue weighted by atomic mass is 127. The lowest BCUT2D eigenvalue weighted by Gasteiger charge is -2.13. The van der Waals surface area contributed by atoms with Crippen LogP contribution in [0.1, 0.15) is 51.6 Å². The van der Waals surface area contributed by atoms with Crippen LogP contribution in [0.5, 0.6) is 0 Å². The molecular weight excluding hydrogens is 387 g/mol. The molecule has 0 bridgehead atoms. The highest BCUT2D eigenvalue weighted by Crippen LogP contribution is 2.15. The van der Waals surface area contributed by atoms with E-state index in [4.69, 9.17) is 5.73 Å². The van der Waals surface area contributed by atoms with Gasteiger partial charge in [0.1, 0.15) is 0 Å². The Balaban J connectivity index is 0.00000441. The molecule has 0 amide bonds. The fourth-order valence-corrected chi connectivity index (χ4v) is 2.38. The van der Waals surface area contributed by atoms with Gasteiger partial charge in [-0.15, -0.1) is 24.0 Å². The molecule has 0 saturated carbocycles. The Morgan fingerprint density at radius 2 is 2.09 bits per heavy atom. The van der Waals surface area contributed by atoms with Crippen molar-refractivity contribution in [3.05, 3.63) is 30.1 Å². The van der Waals surface area contributed by atoms with Crippen LogP contribution in [0.4, 0.5) is 0 Å². The largest absolute Gasteiger partial charge is 0.370 e. The number of rotatable bonds is 10. The Hall–Kier alpha value is -0.850. The van der Waals surface area contributed by atoms with Gasteiger partial charge in [-0.1, -0.05) is 39.2 Å². The minimum absolute atomic E-state index is 0. The lowest BCUT2D eigenvalue weighted by molar-refractivity contribution is 0.439. The minimum Gasteiger partial charge on any atom is -0.370 e. The summed E-state index contributed by atoms with van der Waals surface area (Å²) in [7, 11) is 0. The number of hydrogen-bond donors (Lipinski definition) is 2. The van der Waals surface area contributed by atoms with E-state index in [1.165, 1.54) is 32.1 Å². The molecule has 5 heteroatoms. The predicted octanol–water partition coefficient (Wildman–Crippen LogP) is 3.75. The third-order valence-electron chi connectivity index (χ3n) is 3.60. The molecule has 22 heavy (non-hydrogen) atoms. The lowest BCUT2D eigenvalue weighted by atomic mass is 9.97. The molecule has 1 aromatic rings. The fourth-order valence-electron chi connectivity index (χ4n) is 2.38. The Morgan fingerprint density at radius 1 is 1.27 bits per heavy atom. The third-order valence-corrected chi connectivity index (χ3v) is 3.60. The number of halogens is 1. The smallest absolute Gasteiger partial charge is 0.188 e. The molecule has 0 aliphatic carbocycles. The number of nitrogens with two attached hydrogens (primary N) is 1. The van der Waals surface area contributed by atoms with Gasteiger partial charge in [0.25, 0.3) is 0 Å². The molecule has 0 radical (unpaired) electrons. The molecule has 4 nitrogen and oxygen atoms in total. The normalized spacial score (nSPS) is 12.5. The fraction of sp³-hybridized carbons (Fsp3) is 0.647. The first kappa shape index (κ1) is 21.1. The van der Waals surface area contributed by atoms with Crippen LogP contribution in [0.15, 0.2) is 29.4 Å². The van der Waals surface area contributed by atoms with Crippen molar-refractivity contribution < 1.29 is 0 Å². The van der Waals surface area contributed by atoms with E-state index >= 15 is 0 Å². The summed E-state index contributed by atoms with van der Waals surface area (Å²) in [5.41, 5.74) is 7.00. The standard InChI is InChI=1S/C17H30N4.HI/c1-3-5-9-15(8-4-2)14-21-17(18)20-13-11-16-10-6-7-12-19-16;/h6-7,10,12,15H,3-5,8-9,11,13-14H2,1-2H3,(H3,18,20,21);1H. The maximum atomic E-state index is 5.93. The molecule has 1 atom stereocenters. The molecule has 0 fully saturated rings. The van der Waals surface area contributed by atoms with Gasteiger partial charge in [0, 0.05) is 31.4 Å². The van der Waals surface area contributed by atoms with Crippen molar-refractivity contribution in [2.45, 2.75) is 52.4 Å². The number of pyridine rings is 1. The maximum absolute atomic E-state index is 5.93. The average Bonchev–Trinajstić information content (AvgIpc) is 2.51. The van der Waals surface area contributed by atoms with E-state index in [9.17, 15) is 0 Å². The number of aromatic nitrogens is 1. The lowest BCUT2D eigenvalue weighted by Crippen LogP contribution is -2.33. The van der Waals surface area contributed by atoms with Crippen LogP contribution < -0.4 is 11.1 Å². The molecule has 1 rings (SSSR count). The van der Waals surface area contributed by atoms with E-state index < -0.39 is 0 Å². The molecule has 0 aromatic carbocycles. The van der Waals surface area contributed by atoms with Gasteiger partial charge in [-0.05, 0) is 30.9 Å². The Morgan fingerprint density at radius 3 is 2.73 bits per heavy atom. The van der Waals surface area contributed by atoms with Crippen LogP contribution in [-0.2, 0) is 6.42 Å². The summed E-state index contributed by atoms with van der Waals surface area (Å²) < 4.78 is 0. The summed E-state index contributed by atoms with van der Waals surface area (Å²) in [4.78, 5) is 8.78. The zero-order valence-electron chi connectivity index (χ0n) is 13.9. The highest BCUT2D eigenvalue weighted by molar-refractivity contribution is 14.0. The van der Waals surface area contributed by atoms with Gasteiger partial charge in [0.2, 0.25) is 0 Å². The maximum Gasteiger partial charge on any atom is 0.188 e. The molecule has 0 spiro atoms. The first-order valence-electron chi connectivity index (χ1n) is 8.20. The van der Waals surface area contributed by atoms with E-state index in [-0.39, 0.29) is 24.0 Å². The molecule has 0 saturated heterocycles. The summed E-state index contributed by atoms with van der Waals surface area (Å²) in [6, 6.07) is 5.96. The van der Waals surface area contributed by atoms with Crippen LogP contribution in [0.2, 0.25) is 0 Å². The van der Waals surface area contributed by atoms with Crippen molar-refractivity contribution in [1.82, 2.24) is 10.3 Å². The zero-order valence-corrected chi connectivity index (χ0v) is 16.3. The molecule has 0 aliphatic rings.